The number of benzene rings is 2. The minimum absolute atomic E-state index is 0.621. The van der Waals surface area contributed by atoms with Crippen molar-refractivity contribution in [2.24, 2.45) is 0 Å². The molecule has 2 aromatic rings. The molecule has 1 aliphatic rings. The number of carbonyl (C=O) groups is 1. The van der Waals surface area contributed by atoms with Gasteiger partial charge in [0.2, 0.25) is 0 Å². The molecular formula is C18H20N2O2. The fraction of sp³-hybridized carbons (Fsp3) is 0.278. The third kappa shape index (κ3) is 3.39. The Bertz CT molecular complexity index is 635. The third-order valence-electron chi connectivity index (χ3n) is 4.23. The van der Waals surface area contributed by atoms with Gasteiger partial charge in [0.15, 0.2) is 0 Å². The van der Waals surface area contributed by atoms with E-state index in [0.29, 0.717) is 11.6 Å². The van der Waals surface area contributed by atoms with Gasteiger partial charge in [0.25, 0.3) is 0 Å². The Hall–Kier alpha value is -2.49. The molecule has 4 nitrogen and oxygen atoms in total. The lowest BCUT2D eigenvalue weighted by Gasteiger charge is -2.34. The number of piperidine rings is 1. The predicted molar refractivity (Wildman–Crippen MR) is 88.7 cm³/mol. The molecule has 2 aromatic carbocycles. The number of rotatable bonds is 3. The van der Waals surface area contributed by atoms with Crippen LogP contribution in [0.5, 0.6) is 0 Å². The third-order valence-corrected chi connectivity index (χ3v) is 4.23. The lowest BCUT2D eigenvalue weighted by atomic mass is 9.89. The largest absolute Gasteiger partial charge is 0.465 e. The highest BCUT2D eigenvalue weighted by molar-refractivity contribution is 5.83. The average Bonchev–Trinajstić information content (AvgIpc) is 2.55. The molecule has 0 atom stereocenters. The topological polar surface area (TPSA) is 52.6 Å². The Balaban J connectivity index is 1.65. The molecule has 1 heterocycles. The average molecular weight is 296 g/mol. The van der Waals surface area contributed by atoms with Crippen LogP contribution in [0.2, 0.25) is 0 Å². The number of hydrogen-bond acceptors (Lipinski definition) is 2. The standard InChI is InChI=1S/C18H20N2O2/c21-18(22)19-16-7-4-8-17(13-16)20-11-9-15(10-12-20)14-5-2-1-3-6-14/h1-8,13,15,19H,9-12H2,(H,21,22). The zero-order chi connectivity index (χ0) is 15.4. The van der Waals surface area contributed by atoms with Crippen LogP contribution in [0, 0.1) is 0 Å². The number of hydrogen-bond donors (Lipinski definition) is 2. The van der Waals surface area contributed by atoms with Gasteiger partial charge in [-0.05, 0) is 42.5 Å². The smallest absolute Gasteiger partial charge is 0.409 e. The highest BCUT2D eigenvalue weighted by Gasteiger charge is 2.20. The summed E-state index contributed by atoms with van der Waals surface area (Å²) in [6, 6.07) is 18.3. The van der Waals surface area contributed by atoms with E-state index in [1.165, 1.54) is 5.56 Å². The van der Waals surface area contributed by atoms with E-state index >= 15 is 0 Å². The van der Waals surface area contributed by atoms with Crippen molar-refractivity contribution in [2.75, 3.05) is 23.3 Å². The Morgan fingerprint density at radius 1 is 1.05 bits per heavy atom. The summed E-state index contributed by atoms with van der Waals surface area (Å²) in [7, 11) is 0. The first kappa shape index (κ1) is 14.4. The molecule has 0 saturated carbocycles. The Morgan fingerprint density at radius 2 is 1.77 bits per heavy atom. The van der Waals surface area contributed by atoms with Gasteiger partial charge >= 0.3 is 6.09 Å². The quantitative estimate of drug-likeness (QED) is 0.894. The van der Waals surface area contributed by atoms with E-state index in [9.17, 15) is 4.79 Å². The molecule has 0 bridgehead atoms. The van der Waals surface area contributed by atoms with Gasteiger partial charge in [0.1, 0.15) is 0 Å². The van der Waals surface area contributed by atoms with Gasteiger partial charge in [-0.2, -0.15) is 0 Å². The minimum Gasteiger partial charge on any atom is -0.465 e. The van der Waals surface area contributed by atoms with E-state index in [1.54, 1.807) is 6.07 Å². The summed E-state index contributed by atoms with van der Waals surface area (Å²) >= 11 is 0. The van der Waals surface area contributed by atoms with E-state index in [0.717, 1.165) is 31.6 Å². The molecule has 0 unspecified atom stereocenters. The van der Waals surface area contributed by atoms with Crippen molar-refractivity contribution in [3.63, 3.8) is 0 Å². The molecule has 0 aromatic heterocycles. The molecule has 22 heavy (non-hydrogen) atoms. The molecule has 1 aliphatic heterocycles. The Labute approximate surface area is 130 Å². The van der Waals surface area contributed by atoms with Crippen LogP contribution in [0.3, 0.4) is 0 Å². The zero-order valence-corrected chi connectivity index (χ0v) is 12.4. The molecule has 1 fully saturated rings. The van der Waals surface area contributed by atoms with Gasteiger partial charge in [-0.3, -0.25) is 5.32 Å². The summed E-state index contributed by atoms with van der Waals surface area (Å²) < 4.78 is 0. The Morgan fingerprint density at radius 3 is 2.45 bits per heavy atom. The fourth-order valence-corrected chi connectivity index (χ4v) is 3.10. The summed E-state index contributed by atoms with van der Waals surface area (Å²) in [5, 5.41) is 11.2. The molecule has 3 rings (SSSR count). The molecule has 1 amide bonds. The van der Waals surface area contributed by atoms with Crippen LogP contribution in [0.1, 0.15) is 24.3 Å². The lowest BCUT2D eigenvalue weighted by molar-refractivity contribution is 0.210. The molecular weight excluding hydrogens is 276 g/mol. The van der Waals surface area contributed by atoms with E-state index in [1.807, 2.05) is 18.2 Å². The van der Waals surface area contributed by atoms with Gasteiger partial charge in [-0.1, -0.05) is 36.4 Å². The summed E-state index contributed by atoms with van der Waals surface area (Å²) in [5.74, 6) is 0.623. The lowest BCUT2D eigenvalue weighted by Crippen LogP contribution is -2.32. The second kappa shape index (κ2) is 6.52. The summed E-state index contributed by atoms with van der Waals surface area (Å²) in [4.78, 5) is 13.1. The van der Waals surface area contributed by atoms with Crippen LogP contribution in [0.25, 0.3) is 0 Å². The number of amides is 1. The van der Waals surface area contributed by atoms with Crippen molar-refractivity contribution in [3.05, 3.63) is 60.2 Å². The van der Waals surface area contributed by atoms with Crippen LogP contribution in [0.15, 0.2) is 54.6 Å². The van der Waals surface area contributed by atoms with Gasteiger partial charge < -0.3 is 10.0 Å². The summed E-state index contributed by atoms with van der Waals surface area (Å²) in [6.07, 6.45) is 1.22. The van der Waals surface area contributed by atoms with Gasteiger partial charge in [0.05, 0.1) is 0 Å². The van der Waals surface area contributed by atoms with Crippen molar-refractivity contribution >= 4 is 17.5 Å². The molecule has 0 spiro atoms. The number of anilines is 2. The van der Waals surface area contributed by atoms with E-state index in [4.69, 9.17) is 5.11 Å². The maximum atomic E-state index is 10.7. The molecule has 1 saturated heterocycles. The van der Waals surface area contributed by atoms with E-state index in [2.05, 4.69) is 40.5 Å². The molecule has 114 valence electrons. The van der Waals surface area contributed by atoms with Gasteiger partial charge in [-0.25, -0.2) is 4.79 Å². The number of carboxylic acid groups (broad SMARTS) is 1. The number of nitrogens with zero attached hydrogens (tertiary/aromatic N) is 1. The second-order valence-electron chi connectivity index (χ2n) is 5.65. The van der Waals surface area contributed by atoms with Crippen LogP contribution in [0.4, 0.5) is 16.2 Å². The molecule has 2 N–H and O–H groups in total. The van der Waals surface area contributed by atoms with Crippen molar-refractivity contribution in [1.82, 2.24) is 0 Å². The first-order chi connectivity index (χ1) is 10.7. The first-order valence-corrected chi connectivity index (χ1v) is 7.62. The highest BCUT2D eigenvalue weighted by Crippen LogP contribution is 2.31. The van der Waals surface area contributed by atoms with Crippen molar-refractivity contribution in [3.8, 4) is 0 Å². The molecule has 4 heteroatoms. The highest BCUT2D eigenvalue weighted by atomic mass is 16.4. The number of nitrogens with one attached hydrogen (secondary N) is 1. The summed E-state index contributed by atoms with van der Waals surface area (Å²) in [6.45, 7) is 1.99. The van der Waals surface area contributed by atoms with Crippen molar-refractivity contribution in [1.29, 1.82) is 0 Å². The van der Waals surface area contributed by atoms with Crippen LogP contribution < -0.4 is 10.2 Å². The molecule has 0 aliphatic carbocycles. The first-order valence-electron chi connectivity index (χ1n) is 7.62. The van der Waals surface area contributed by atoms with Crippen LogP contribution >= 0.6 is 0 Å². The van der Waals surface area contributed by atoms with Crippen molar-refractivity contribution < 1.29 is 9.90 Å². The SMILES string of the molecule is O=C(O)Nc1cccc(N2CCC(c3ccccc3)CC2)c1. The maximum Gasteiger partial charge on any atom is 0.409 e. The minimum atomic E-state index is -1.03. The van der Waals surface area contributed by atoms with E-state index in [-0.39, 0.29) is 0 Å². The van der Waals surface area contributed by atoms with Gasteiger partial charge in [-0.15, -0.1) is 0 Å². The molecule has 0 radical (unpaired) electrons. The maximum absolute atomic E-state index is 10.7. The van der Waals surface area contributed by atoms with Gasteiger partial charge in [0, 0.05) is 24.5 Å². The normalized spacial score (nSPS) is 15.5. The van der Waals surface area contributed by atoms with E-state index < -0.39 is 6.09 Å². The summed E-state index contributed by atoms with van der Waals surface area (Å²) in [5.41, 5.74) is 3.12. The predicted octanol–water partition coefficient (Wildman–Crippen LogP) is 4.16. The Kier molecular flexibility index (Phi) is 4.28. The second-order valence-corrected chi connectivity index (χ2v) is 5.65. The van der Waals surface area contributed by atoms with Crippen molar-refractivity contribution in [2.45, 2.75) is 18.8 Å². The van der Waals surface area contributed by atoms with Crippen LogP contribution in [-0.2, 0) is 0 Å². The van der Waals surface area contributed by atoms with Crippen LogP contribution in [-0.4, -0.2) is 24.3 Å². The zero-order valence-electron chi connectivity index (χ0n) is 12.4. The monoisotopic (exact) mass is 296 g/mol. The fourth-order valence-electron chi connectivity index (χ4n) is 3.10.